The zero-order valence-electron chi connectivity index (χ0n) is 9.94. The maximum atomic E-state index is 5.18. The minimum absolute atomic E-state index is 0.639. The Morgan fingerprint density at radius 1 is 1.24 bits per heavy atom. The first-order chi connectivity index (χ1) is 8.40. The highest BCUT2D eigenvalue weighted by molar-refractivity contribution is 5.59. The summed E-state index contributed by atoms with van der Waals surface area (Å²) in [7, 11) is 0. The number of hydrogen-bond donors (Lipinski definition) is 0. The van der Waals surface area contributed by atoms with Crippen LogP contribution in [0.1, 0.15) is 31.9 Å². The lowest BCUT2D eigenvalue weighted by atomic mass is 10.1. The summed E-state index contributed by atoms with van der Waals surface area (Å²) in [5.41, 5.74) is 1.89. The Kier molecular flexibility index (Phi) is 3.99. The second-order valence-electron chi connectivity index (χ2n) is 3.85. The molecule has 2 heteroatoms. The standard InChI is InChI=1S/C15H15NO/c1-2-3-4-8-11-14-12-15(16-17-14)13-9-6-5-7-10-13/h5-7,9-10,12H,2-4H2,1H3. The van der Waals surface area contributed by atoms with Crippen LogP contribution in [-0.2, 0) is 0 Å². The summed E-state index contributed by atoms with van der Waals surface area (Å²) >= 11 is 0. The predicted molar refractivity (Wildman–Crippen MR) is 68.3 cm³/mol. The lowest BCUT2D eigenvalue weighted by Gasteiger charge is -1.90. The van der Waals surface area contributed by atoms with Crippen LogP contribution in [0, 0.1) is 11.8 Å². The third-order valence-corrected chi connectivity index (χ3v) is 2.45. The van der Waals surface area contributed by atoms with Gasteiger partial charge < -0.3 is 4.52 Å². The van der Waals surface area contributed by atoms with E-state index in [0.29, 0.717) is 5.76 Å². The molecule has 0 N–H and O–H groups in total. The maximum Gasteiger partial charge on any atom is 0.210 e. The first-order valence-electron chi connectivity index (χ1n) is 5.91. The average molecular weight is 225 g/mol. The lowest BCUT2D eigenvalue weighted by Crippen LogP contribution is -1.73. The van der Waals surface area contributed by atoms with Crippen molar-refractivity contribution in [2.45, 2.75) is 26.2 Å². The molecule has 0 atom stereocenters. The Labute approximate surface area is 102 Å². The van der Waals surface area contributed by atoms with E-state index >= 15 is 0 Å². The van der Waals surface area contributed by atoms with Crippen molar-refractivity contribution in [1.82, 2.24) is 5.16 Å². The molecule has 0 fully saturated rings. The van der Waals surface area contributed by atoms with E-state index in [-0.39, 0.29) is 0 Å². The molecule has 1 heterocycles. The zero-order valence-corrected chi connectivity index (χ0v) is 9.94. The molecule has 2 nitrogen and oxygen atoms in total. The quantitative estimate of drug-likeness (QED) is 0.585. The van der Waals surface area contributed by atoms with E-state index in [1.165, 1.54) is 6.42 Å². The van der Waals surface area contributed by atoms with E-state index in [9.17, 15) is 0 Å². The van der Waals surface area contributed by atoms with Crippen molar-refractivity contribution in [3.63, 3.8) is 0 Å². The average Bonchev–Trinajstić information content (AvgIpc) is 2.85. The van der Waals surface area contributed by atoms with Crippen LogP contribution in [0.15, 0.2) is 40.9 Å². The predicted octanol–water partition coefficient (Wildman–Crippen LogP) is 3.88. The van der Waals surface area contributed by atoms with Crippen molar-refractivity contribution in [3.05, 3.63) is 42.2 Å². The monoisotopic (exact) mass is 225 g/mol. The van der Waals surface area contributed by atoms with Gasteiger partial charge in [-0.2, -0.15) is 0 Å². The van der Waals surface area contributed by atoms with Crippen molar-refractivity contribution in [2.75, 3.05) is 0 Å². The van der Waals surface area contributed by atoms with Gasteiger partial charge in [-0.3, -0.25) is 0 Å². The third-order valence-electron chi connectivity index (χ3n) is 2.45. The number of nitrogens with zero attached hydrogens (tertiary/aromatic N) is 1. The van der Waals surface area contributed by atoms with E-state index in [1.54, 1.807) is 0 Å². The van der Waals surface area contributed by atoms with Crippen LogP contribution in [0.2, 0.25) is 0 Å². The van der Waals surface area contributed by atoms with Crippen LogP contribution in [0.4, 0.5) is 0 Å². The van der Waals surface area contributed by atoms with Crippen LogP contribution < -0.4 is 0 Å². The minimum atomic E-state index is 0.639. The Bertz CT molecular complexity index is 517. The fraction of sp³-hybridized carbons (Fsp3) is 0.267. The van der Waals surface area contributed by atoms with Crippen LogP contribution >= 0.6 is 0 Å². The molecule has 0 spiro atoms. The van der Waals surface area contributed by atoms with Crippen LogP contribution in [0.3, 0.4) is 0 Å². The van der Waals surface area contributed by atoms with E-state index in [4.69, 9.17) is 4.52 Å². The lowest BCUT2D eigenvalue weighted by molar-refractivity contribution is 0.413. The number of unbranched alkanes of at least 4 members (excludes halogenated alkanes) is 2. The smallest absolute Gasteiger partial charge is 0.210 e. The first kappa shape index (κ1) is 11.5. The molecule has 2 aromatic rings. The fourth-order valence-corrected chi connectivity index (χ4v) is 1.49. The molecule has 0 aliphatic carbocycles. The number of benzene rings is 1. The number of aromatic nitrogens is 1. The van der Waals surface area contributed by atoms with Crippen LogP contribution in [-0.4, -0.2) is 5.16 Å². The van der Waals surface area contributed by atoms with Gasteiger partial charge in [0.2, 0.25) is 5.76 Å². The summed E-state index contributed by atoms with van der Waals surface area (Å²) in [4.78, 5) is 0. The summed E-state index contributed by atoms with van der Waals surface area (Å²) in [6.45, 7) is 2.16. The Hall–Kier alpha value is -2.01. The van der Waals surface area contributed by atoms with Gasteiger partial charge in [-0.05, 0) is 12.3 Å². The van der Waals surface area contributed by atoms with Gasteiger partial charge in [0, 0.05) is 18.1 Å². The molecular weight excluding hydrogens is 210 g/mol. The molecule has 2 rings (SSSR count). The molecule has 86 valence electrons. The first-order valence-corrected chi connectivity index (χ1v) is 5.91. The molecule has 1 aromatic carbocycles. The van der Waals surface area contributed by atoms with E-state index < -0.39 is 0 Å². The minimum Gasteiger partial charge on any atom is -0.347 e. The van der Waals surface area contributed by atoms with Gasteiger partial charge in [0.25, 0.3) is 0 Å². The molecule has 17 heavy (non-hydrogen) atoms. The van der Waals surface area contributed by atoms with Gasteiger partial charge in [-0.15, -0.1) is 0 Å². The van der Waals surface area contributed by atoms with Gasteiger partial charge in [0.1, 0.15) is 5.69 Å². The number of rotatable bonds is 3. The summed E-state index contributed by atoms with van der Waals surface area (Å²) in [6, 6.07) is 11.8. The second kappa shape index (κ2) is 5.91. The van der Waals surface area contributed by atoms with Crippen LogP contribution in [0.5, 0.6) is 0 Å². The van der Waals surface area contributed by atoms with E-state index in [1.807, 2.05) is 36.4 Å². The van der Waals surface area contributed by atoms with Crippen LogP contribution in [0.25, 0.3) is 11.3 Å². The molecule has 0 radical (unpaired) electrons. The molecular formula is C15H15NO. The van der Waals surface area contributed by atoms with Gasteiger partial charge >= 0.3 is 0 Å². The maximum absolute atomic E-state index is 5.18. The van der Waals surface area contributed by atoms with Gasteiger partial charge in [-0.1, -0.05) is 54.8 Å². The normalized spacial score (nSPS) is 9.71. The molecule has 0 saturated heterocycles. The number of hydrogen-bond acceptors (Lipinski definition) is 2. The Balaban J connectivity index is 2.08. The van der Waals surface area contributed by atoms with Crippen molar-refractivity contribution >= 4 is 0 Å². The molecule has 0 aliphatic heterocycles. The third kappa shape index (κ3) is 3.22. The van der Waals surface area contributed by atoms with Crippen molar-refractivity contribution in [3.8, 4) is 23.1 Å². The van der Waals surface area contributed by atoms with E-state index in [0.717, 1.165) is 24.1 Å². The summed E-state index contributed by atoms with van der Waals surface area (Å²) in [5, 5.41) is 4.01. The molecule has 0 bridgehead atoms. The summed E-state index contributed by atoms with van der Waals surface area (Å²) in [5.74, 6) is 6.71. The van der Waals surface area contributed by atoms with Crippen molar-refractivity contribution < 1.29 is 4.52 Å². The Morgan fingerprint density at radius 2 is 2.06 bits per heavy atom. The van der Waals surface area contributed by atoms with Crippen molar-refractivity contribution in [1.29, 1.82) is 0 Å². The van der Waals surface area contributed by atoms with Crippen molar-refractivity contribution in [2.24, 2.45) is 0 Å². The zero-order chi connectivity index (χ0) is 11.9. The molecule has 1 aromatic heterocycles. The second-order valence-corrected chi connectivity index (χ2v) is 3.85. The highest BCUT2D eigenvalue weighted by Gasteiger charge is 2.03. The van der Waals surface area contributed by atoms with Gasteiger partial charge in [0.15, 0.2) is 0 Å². The largest absolute Gasteiger partial charge is 0.347 e. The highest BCUT2D eigenvalue weighted by Crippen LogP contribution is 2.17. The molecule has 0 amide bonds. The molecule has 0 saturated carbocycles. The molecule has 0 unspecified atom stereocenters. The summed E-state index contributed by atoms with van der Waals surface area (Å²) < 4.78 is 5.18. The van der Waals surface area contributed by atoms with Gasteiger partial charge in [-0.25, -0.2) is 0 Å². The topological polar surface area (TPSA) is 26.0 Å². The highest BCUT2D eigenvalue weighted by atomic mass is 16.5. The van der Waals surface area contributed by atoms with E-state index in [2.05, 4.69) is 23.9 Å². The SMILES string of the molecule is CCCCC#Cc1cc(-c2ccccc2)no1. The molecule has 0 aliphatic rings. The summed E-state index contributed by atoms with van der Waals surface area (Å²) in [6.07, 6.45) is 3.21. The Morgan fingerprint density at radius 3 is 2.82 bits per heavy atom. The fourth-order valence-electron chi connectivity index (χ4n) is 1.49. The van der Waals surface area contributed by atoms with Gasteiger partial charge in [0.05, 0.1) is 0 Å².